The molecule has 3 rings (SSSR count). The van der Waals surface area contributed by atoms with Gasteiger partial charge in [-0.05, 0) is 25.2 Å². The van der Waals surface area contributed by atoms with Crippen molar-refractivity contribution in [1.82, 2.24) is 16.0 Å². The predicted octanol–water partition coefficient (Wildman–Crippen LogP) is 2.79. The summed E-state index contributed by atoms with van der Waals surface area (Å²) < 4.78 is 11.6. The van der Waals surface area contributed by atoms with E-state index < -0.39 is 21.7 Å². The van der Waals surface area contributed by atoms with Crippen LogP contribution in [0.1, 0.15) is 54.4 Å². The van der Waals surface area contributed by atoms with Crippen LogP contribution in [-0.2, 0) is 38.8 Å². The summed E-state index contributed by atoms with van der Waals surface area (Å²) in [6.45, 7) is 15.0. The van der Waals surface area contributed by atoms with Crippen LogP contribution in [0.2, 0.25) is 0 Å². The Kier molecular flexibility index (Phi) is 13.8. The second kappa shape index (κ2) is 17.3. The normalized spacial score (nSPS) is 15.3. The number of carbonyl (C=O) groups is 3. The molecule has 10 nitrogen and oxygen atoms in total. The van der Waals surface area contributed by atoms with E-state index in [0.717, 1.165) is 0 Å². The summed E-state index contributed by atoms with van der Waals surface area (Å²) in [7, 11) is 1.57. The molecule has 3 aromatic rings. The van der Waals surface area contributed by atoms with E-state index in [1.165, 1.54) is 0 Å². The Hall–Kier alpha value is -4.18. The van der Waals surface area contributed by atoms with E-state index in [0.29, 0.717) is 39.3 Å². The van der Waals surface area contributed by atoms with E-state index >= 15 is 0 Å². The van der Waals surface area contributed by atoms with Gasteiger partial charge in [0.15, 0.2) is 56.8 Å². The first-order valence-electron chi connectivity index (χ1n) is 16.9. The average molecular weight is 662 g/mol. The van der Waals surface area contributed by atoms with Crippen LogP contribution in [0.5, 0.6) is 0 Å². The van der Waals surface area contributed by atoms with Crippen molar-refractivity contribution in [1.29, 1.82) is 0 Å². The largest absolute Gasteiger partial charge is 0.384 e. The summed E-state index contributed by atoms with van der Waals surface area (Å²) in [4.78, 5) is 42.4. The lowest BCUT2D eigenvalue weighted by atomic mass is 9.57. The zero-order chi connectivity index (χ0) is 35.3. The molecule has 10 heteroatoms. The van der Waals surface area contributed by atoms with Crippen LogP contribution >= 0.6 is 0 Å². The molecule has 0 aliphatic carbocycles. The van der Waals surface area contributed by atoms with Gasteiger partial charge in [0.2, 0.25) is 17.7 Å². The average Bonchev–Trinajstić information content (AvgIpc) is 3.05. The van der Waals surface area contributed by atoms with Gasteiger partial charge in [-0.15, -0.1) is 0 Å². The van der Waals surface area contributed by atoms with Crippen LogP contribution in [0.15, 0.2) is 91.8 Å². The van der Waals surface area contributed by atoms with Gasteiger partial charge >= 0.3 is 0 Å². The van der Waals surface area contributed by atoms with Crippen LogP contribution in [0.25, 0.3) is 0 Å². The minimum Gasteiger partial charge on any atom is -0.384 e. The standard InChI is InChI=1S/C38H54N6O4/c1-35(2,3)38(6,34(47)41-19-28-44-24-15-10-16-25-44)30-36(4,32(45)39-17-26-42-20-11-8-12-21-42)29-37(5,31-48-7)33(46)40-18-27-43-22-13-9-14-23-43/h8-16,20-25H,17-19,26-31H2,1-7H3/p+3. The van der Waals surface area contributed by atoms with Gasteiger partial charge in [-0.25, -0.2) is 13.7 Å². The first-order chi connectivity index (χ1) is 22.7. The molecule has 3 aromatic heterocycles. The monoisotopic (exact) mass is 661 g/mol. The number of hydrogen-bond acceptors (Lipinski definition) is 4. The Labute approximate surface area is 286 Å². The summed E-state index contributed by atoms with van der Waals surface area (Å²) in [6, 6.07) is 17.5. The van der Waals surface area contributed by atoms with E-state index in [2.05, 4.69) is 16.0 Å². The third kappa shape index (κ3) is 10.7. The highest BCUT2D eigenvalue weighted by atomic mass is 16.5. The van der Waals surface area contributed by atoms with Crippen molar-refractivity contribution in [2.75, 3.05) is 33.4 Å². The Morgan fingerprint density at radius 2 is 0.875 bits per heavy atom. The molecule has 0 aliphatic rings. The van der Waals surface area contributed by atoms with Gasteiger partial charge in [-0.1, -0.05) is 52.8 Å². The number of hydrogen-bond donors (Lipinski definition) is 3. The topological polar surface area (TPSA) is 108 Å². The van der Waals surface area contributed by atoms with E-state index in [4.69, 9.17) is 4.74 Å². The van der Waals surface area contributed by atoms with Gasteiger partial charge in [0.1, 0.15) is 0 Å². The Bertz CT molecular complexity index is 1450. The minimum atomic E-state index is -1.10. The van der Waals surface area contributed by atoms with Gasteiger partial charge in [-0.2, -0.15) is 0 Å². The number of rotatable bonds is 18. The molecular formula is C38H57N6O4+3. The highest BCUT2D eigenvalue weighted by molar-refractivity contribution is 5.88. The zero-order valence-electron chi connectivity index (χ0n) is 30.0. The molecule has 0 aliphatic heterocycles. The molecule has 3 N–H and O–H groups in total. The van der Waals surface area contributed by atoms with Crippen molar-refractivity contribution in [2.45, 2.75) is 74.0 Å². The second-order valence-corrected chi connectivity index (χ2v) is 14.6. The van der Waals surface area contributed by atoms with Crippen molar-refractivity contribution in [2.24, 2.45) is 21.7 Å². The Balaban J connectivity index is 1.87. The molecule has 3 amide bonds. The molecular weight excluding hydrogens is 604 g/mol. The zero-order valence-corrected chi connectivity index (χ0v) is 30.0. The number of ether oxygens (including phenoxy) is 1. The van der Waals surface area contributed by atoms with Crippen LogP contribution in [0.4, 0.5) is 0 Å². The van der Waals surface area contributed by atoms with E-state index in [-0.39, 0.29) is 37.2 Å². The Morgan fingerprint density at radius 3 is 1.23 bits per heavy atom. The van der Waals surface area contributed by atoms with Crippen molar-refractivity contribution in [3.8, 4) is 0 Å². The van der Waals surface area contributed by atoms with Crippen molar-refractivity contribution < 1.29 is 32.8 Å². The van der Waals surface area contributed by atoms with Crippen LogP contribution in [-0.4, -0.2) is 51.1 Å². The predicted molar refractivity (Wildman–Crippen MR) is 184 cm³/mol. The highest BCUT2D eigenvalue weighted by Gasteiger charge is 2.53. The van der Waals surface area contributed by atoms with E-state index in [1.807, 2.05) is 147 Å². The van der Waals surface area contributed by atoms with Gasteiger partial charge in [-0.3, -0.25) is 14.4 Å². The highest BCUT2D eigenvalue weighted by Crippen LogP contribution is 2.50. The smallest absolute Gasteiger partial charge is 0.228 e. The molecule has 3 heterocycles. The van der Waals surface area contributed by atoms with Crippen molar-refractivity contribution in [3.63, 3.8) is 0 Å². The molecule has 0 fully saturated rings. The number of aromatic nitrogens is 3. The fourth-order valence-corrected chi connectivity index (χ4v) is 6.33. The summed E-state index contributed by atoms with van der Waals surface area (Å²) in [5.74, 6) is -0.512. The van der Waals surface area contributed by atoms with E-state index in [9.17, 15) is 14.4 Å². The van der Waals surface area contributed by atoms with Gasteiger partial charge in [0.25, 0.3) is 0 Å². The molecule has 0 aromatic carbocycles. The number of pyridine rings is 3. The summed E-state index contributed by atoms with van der Waals surface area (Å²) in [5, 5.41) is 9.39. The first-order valence-corrected chi connectivity index (χ1v) is 16.9. The molecule has 0 radical (unpaired) electrons. The lowest BCUT2D eigenvalue weighted by molar-refractivity contribution is -0.695. The molecule has 260 valence electrons. The van der Waals surface area contributed by atoms with Crippen LogP contribution in [0, 0.1) is 21.7 Å². The molecule has 0 saturated heterocycles. The summed E-state index contributed by atoms with van der Waals surface area (Å²) in [6.07, 6.45) is 12.1. The molecule has 0 spiro atoms. The third-order valence-corrected chi connectivity index (χ3v) is 9.54. The number of nitrogens with one attached hydrogen (secondary N) is 3. The SMILES string of the molecule is COCC(C)(CC(C)(CC(C)(C(=O)NCC[n+]1ccccc1)C(C)(C)C)C(=O)NCC[n+]1ccccc1)C(=O)NCC[n+]1ccccc1. The van der Waals surface area contributed by atoms with Gasteiger partial charge in [0.05, 0.1) is 37.1 Å². The van der Waals surface area contributed by atoms with Crippen molar-refractivity contribution in [3.05, 3.63) is 91.8 Å². The molecule has 3 atom stereocenters. The molecule has 0 saturated carbocycles. The third-order valence-electron chi connectivity index (χ3n) is 9.54. The lowest BCUT2D eigenvalue weighted by Crippen LogP contribution is -2.56. The first kappa shape index (κ1) is 38.3. The molecule has 3 unspecified atom stereocenters. The minimum absolute atomic E-state index is 0.118. The fraction of sp³-hybridized carbons (Fsp3) is 0.526. The lowest BCUT2D eigenvalue weighted by Gasteiger charge is -2.47. The van der Waals surface area contributed by atoms with Crippen LogP contribution < -0.4 is 29.7 Å². The summed E-state index contributed by atoms with van der Waals surface area (Å²) in [5.41, 5.74) is -3.61. The molecule has 48 heavy (non-hydrogen) atoms. The fourth-order valence-electron chi connectivity index (χ4n) is 6.33. The summed E-state index contributed by atoms with van der Waals surface area (Å²) >= 11 is 0. The van der Waals surface area contributed by atoms with Crippen LogP contribution in [0.3, 0.4) is 0 Å². The number of amides is 3. The Morgan fingerprint density at radius 1 is 0.521 bits per heavy atom. The second-order valence-electron chi connectivity index (χ2n) is 14.6. The maximum Gasteiger partial charge on any atom is 0.228 e. The maximum atomic E-state index is 14.4. The molecule has 0 bridgehead atoms. The maximum absolute atomic E-state index is 14.4. The number of carbonyl (C=O) groups excluding carboxylic acids is 3. The van der Waals surface area contributed by atoms with Crippen molar-refractivity contribution >= 4 is 17.7 Å². The van der Waals surface area contributed by atoms with Gasteiger partial charge in [0, 0.05) is 48.9 Å². The van der Waals surface area contributed by atoms with E-state index in [1.54, 1.807) is 7.11 Å². The number of methoxy groups -OCH3 is 1. The number of nitrogens with zero attached hydrogens (tertiary/aromatic N) is 3. The quantitative estimate of drug-likeness (QED) is 0.182. The van der Waals surface area contributed by atoms with Gasteiger partial charge < -0.3 is 20.7 Å².